The summed E-state index contributed by atoms with van der Waals surface area (Å²) in [6, 6.07) is 13.7. The fraction of sp³-hybridized carbons (Fsp3) is 0.0588. The van der Waals surface area contributed by atoms with E-state index in [1.54, 1.807) is 36.4 Å². The second-order valence-corrected chi connectivity index (χ2v) is 4.93. The molecule has 0 aromatic heterocycles. The van der Waals surface area contributed by atoms with Crippen molar-refractivity contribution in [2.24, 2.45) is 0 Å². The minimum Gasteiger partial charge on any atom is -0.477 e. The predicted molar refractivity (Wildman–Crippen MR) is 87.2 cm³/mol. The van der Waals surface area contributed by atoms with Gasteiger partial charge in [-0.05, 0) is 30.2 Å². The number of hydrogen-bond acceptors (Lipinski definition) is 4. The Labute approximate surface area is 137 Å². The van der Waals surface area contributed by atoms with Crippen molar-refractivity contribution in [3.8, 4) is 0 Å². The number of nitrogens with one attached hydrogen (secondary N) is 1. The number of carboxylic acid groups (broad SMARTS) is 1. The number of carbonyl (C=O) groups is 2. The summed E-state index contributed by atoms with van der Waals surface area (Å²) >= 11 is 0. The number of non-ortho nitro benzene ring substituents is 1. The third-order valence-electron chi connectivity index (χ3n) is 3.35. The Bertz CT molecular complexity index is 828. The molecular formula is C17H14N2O5. The number of carbonyl (C=O) groups excluding carboxylic acids is 1. The predicted octanol–water partition coefficient (Wildman–Crippen LogP) is 2.84. The van der Waals surface area contributed by atoms with Crippen LogP contribution in [-0.2, 0) is 4.79 Å². The average Bonchev–Trinajstić information content (AvgIpc) is 2.59. The highest BCUT2D eigenvalue weighted by molar-refractivity contribution is 6.04. The van der Waals surface area contributed by atoms with Crippen molar-refractivity contribution in [2.45, 2.75) is 6.92 Å². The van der Waals surface area contributed by atoms with E-state index < -0.39 is 16.8 Å². The van der Waals surface area contributed by atoms with Gasteiger partial charge >= 0.3 is 5.97 Å². The molecule has 0 aliphatic rings. The molecule has 0 atom stereocenters. The molecule has 0 bridgehead atoms. The van der Waals surface area contributed by atoms with Gasteiger partial charge in [0, 0.05) is 17.7 Å². The minimum absolute atomic E-state index is 0.161. The van der Waals surface area contributed by atoms with Gasteiger partial charge in [-0.3, -0.25) is 14.9 Å². The van der Waals surface area contributed by atoms with E-state index in [-0.39, 0.29) is 17.0 Å². The number of nitro benzene ring substituents is 1. The summed E-state index contributed by atoms with van der Waals surface area (Å²) in [6.45, 7) is 1.48. The van der Waals surface area contributed by atoms with Gasteiger partial charge in [0.2, 0.25) is 0 Å². The molecule has 2 aromatic carbocycles. The Hall–Kier alpha value is -3.48. The second kappa shape index (κ2) is 7.19. The molecule has 2 rings (SSSR count). The Kier molecular flexibility index (Phi) is 5.06. The maximum atomic E-state index is 12.2. The molecule has 122 valence electrons. The van der Waals surface area contributed by atoms with Gasteiger partial charge in [0.25, 0.3) is 11.6 Å². The normalized spacial score (nSPS) is 11.4. The van der Waals surface area contributed by atoms with Crippen LogP contribution < -0.4 is 5.32 Å². The summed E-state index contributed by atoms with van der Waals surface area (Å²) in [5, 5.41) is 22.6. The molecule has 24 heavy (non-hydrogen) atoms. The molecule has 0 heterocycles. The molecule has 7 heteroatoms. The van der Waals surface area contributed by atoms with Crippen molar-refractivity contribution in [1.29, 1.82) is 0 Å². The first kappa shape index (κ1) is 16.9. The van der Waals surface area contributed by atoms with E-state index >= 15 is 0 Å². The zero-order valence-corrected chi connectivity index (χ0v) is 12.7. The maximum Gasteiger partial charge on any atom is 0.352 e. The average molecular weight is 326 g/mol. The first-order valence-corrected chi connectivity index (χ1v) is 6.95. The number of allylic oxidation sites excluding steroid dienone is 1. The summed E-state index contributed by atoms with van der Waals surface area (Å²) in [5.74, 6) is -1.90. The molecule has 0 aliphatic carbocycles. The fourth-order valence-electron chi connectivity index (χ4n) is 2.08. The van der Waals surface area contributed by atoms with Gasteiger partial charge in [-0.1, -0.05) is 30.3 Å². The Balaban J connectivity index is 2.40. The van der Waals surface area contributed by atoms with Gasteiger partial charge < -0.3 is 10.4 Å². The number of aliphatic carboxylic acids is 1. The molecule has 2 aromatic rings. The molecule has 0 radical (unpaired) electrons. The highest BCUT2D eigenvalue weighted by Gasteiger charge is 2.18. The minimum atomic E-state index is -1.33. The van der Waals surface area contributed by atoms with Crippen LogP contribution in [0.4, 0.5) is 5.69 Å². The van der Waals surface area contributed by atoms with Crippen molar-refractivity contribution in [2.75, 3.05) is 0 Å². The summed E-state index contributed by atoms with van der Waals surface area (Å²) in [4.78, 5) is 33.9. The number of nitrogens with zero attached hydrogens (tertiary/aromatic N) is 1. The van der Waals surface area contributed by atoms with E-state index in [0.29, 0.717) is 11.1 Å². The van der Waals surface area contributed by atoms with Crippen LogP contribution in [0.5, 0.6) is 0 Å². The number of amides is 1. The lowest BCUT2D eigenvalue weighted by Crippen LogP contribution is -2.28. The number of carboxylic acids is 1. The van der Waals surface area contributed by atoms with Gasteiger partial charge in [-0.2, -0.15) is 0 Å². The Morgan fingerprint density at radius 1 is 1.04 bits per heavy atom. The topological polar surface area (TPSA) is 110 Å². The molecule has 0 unspecified atom stereocenters. The Morgan fingerprint density at radius 3 is 2.25 bits per heavy atom. The van der Waals surface area contributed by atoms with Crippen LogP contribution >= 0.6 is 0 Å². The molecule has 1 amide bonds. The van der Waals surface area contributed by atoms with Crippen LogP contribution in [-0.4, -0.2) is 21.9 Å². The number of benzene rings is 2. The van der Waals surface area contributed by atoms with E-state index in [9.17, 15) is 24.8 Å². The third-order valence-corrected chi connectivity index (χ3v) is 3.35. The summed E-state index contributed by atoms with van der Waals surface area (Å²) in [7, 11) is 0. The van der Waals surface area contributed by atoms with Crippen LogP contribution in [0.15, 0.2) is 60.3 Å². The molecule has 0 spiro atoms. The van der Waals surface area contributed by atoms with E-state index in [1.165, 1.54) is 25.1 Å². The van der Waals surface area contributed by atoms with Crippen molar-refractivity contribution < 1.29 is 19.6 Å². The van der Waals surface area contributed by atoms with Gasteiger partial charge in [0.05, 0.1) is 4.92 Å². The zero-order chi connectivity index (χ0) is 17.7. The first-order valence-electron chi connectivity index (χ1n) is 6.95. The summed E-state index contributed by atoms with van der Waals surface area (Å²) < 4.78 is 0. The maximum absolute atomic E-state index is 12.2. The highest BCUT2D eigenvalue weighted by Crippen LogP contribution is 2.22. The lowest BCUT2D eigenvalue weighted by atomic mass is 10.0. The quantitative estimate of drug-likeness (QED) is 0.499. The largest absolute Gasteiger partial charge is 0.477 e. The molecular weight excluding hydrogens is 312 g/mol. The van der Waals surface area contributed by atoms with Gasteiger partial charge in [0.15, 0.2) is 0 Å². The molecule has 2 N–H and O–H groups in total. The summed E-state index contributed by atoms with van der Waals surface area (Å²) in [5.41, 5.74) is 0.379. The molecule has 0 saturated heterocycles. The molecule has 7 nitrogen and oxygen atoms in total. The lowest BCUT2D eigenvalue weighted by molar-refractivity contribution is -0.384. The highest BCUT2D eigenvalue weighted by atomic mass is 16.6. The SMILES string of the molecule is C/C(=C(/NC(=O)c1ccccc1)C(=O)O)c1cccc([N+](=O)[O-])c1. The first-order chi connectivity index (χ1) is 11.4. The van der Waals surface area contributed by atoms with E-state index in [4.69, 9.17) is 0 Å². The van der Waals surface area contributed by atoms with Crippen LogP contribution in [0.3, 0.4) is 0 Å². The van der Waals surface area contributed by atoms with E-state index in [0.717, 1.165) is 0 Å². The van der Waals surface area contributed by atoms with E-state index in [2.05, 4.69) is 5.32 Å². The molecule has 0 saturated carbocycles. The summed E-state index contributed by atoms with van der Waals surface area (Å²) in [6.07, 6.45) is 0. The van der Waals surface area contributed by atoms with Crippen LogP contribution in [0, 0.1) is 10.1 Å². The molecule has 0 aliphatic heterocycles. The Morgan fingerprint density at radius 2 is 1.67 bits per heavy atom. The monoisotopic (exact) mass is 326 g/mol. The smallest absolute Gasteiger partial charge is 0.352 e. The number of nitro groups is 1. The van der Waals surface area contributed by atoms with Crippen molar-refractivity contribution in [3.05, 3.63) is 81.5 Å². The van der Waals surface area contributed by atoms with Crippen LogP contribution in [0.1, 0.15) is 22.8 Å². The zero-order valence-electron chi connectivity index (χ0n) is 12.7. The van der Waals surface area contributed by atoms with Gasteiger partial charge in [-0.15, -0.1) is 0 Å². The van der Waals surface area contributed by atoms with Gasteiger partial charge in [0.1, 0.15) is 5.70 Å². The third kappa shape index (κ3) is 3.83. The van der Waals surface area contributed by atoms with Crippen molar-refractivity contribution in [1.82, 2.24) is 5.32 Å². The van der Waals surface area contributed by atoms with Crippen LogP contribution in [0.2, 0.25) is 0 Å². The number of rotatable bonds is 5. The fourth-order valence-corrected chi connectivity index (χ4v) is 2.08. The van der Waals surface area contributed by atoms with E-state index in [1.807, 2.05) is 0 Å². The second-order valence-electron chi connectivity index (χ2n) is 4.93. The number of hydrogen-bond donors (Lipinski definition) is 2. The standard InChI is InChI=1S/C17H14N2O5/c1-11(13-8-5-9-14(10-13)19(23)24)15(17(21)22)18-16(20)12-6-3-2-4-7-12/h2-10H,1H3,(H,18,20)(H,21,22)/b15-11-. The van der Waals surface area contributed by atoms with Crippen molar-refractivity contribution >= 4 is 23.1 Å². The molecule has 0 fully saturated rings. The van der Waals surface area contributed by atoms with Crippen molar-refractivity contribution in [3.63, 3.8) is 0 Å². The van der Waals surface area contributed by atoms with Gasteiger partial charge in [-0.25, -0.2) is 4.79 Å². The van der Waals surface area contributed by atoms with Crippen LogP contribution in [0.25, 0.3) is 5.57 Å². The lowest BCUT2D eigenvalue weighted by Gasteiger charge is -2.10.